The van der Waals surface area contributed by atoms with Crippen LogP contribution in [0, 0.1) is 0 Å². The standard InChI is InChI=1S/C8H16N2/c1-10-5-4-8(6-10)9-7-2-3-7/h7-9H,2-6H2,1H3/t8-/m0/s1. The fourth-order valence-electron chi connectivity index (χ4n) is 1.65. The summed E-state index contributed by atoms with van der Waals surface area (Å²) in [5.74, 6) is 0. The Morgan fingerprint density at radius 3 is 2.50 bits per heavy atom. The van der Waals surface area contributed by atoms with E-state index in [1.165, 1.54) is 32.4 Å². The molecule has 2 fully saturated rings. The Balaban J connectivity index is 1.72. The third kappa shape index (κ3) is 1.50. The summed E-state index contributed by atoms with van der Waals surface area (Å²) in [5, 5.41) is 3.64. The number of nitrogens with zero attached hydrogens (tertiary/aromatic N) is 1. The van der Waals surface area contributed by atoms with E-state index < -0.39 is 0 Å². The molecule has 0 aromatic rings. The number of rotatable bonds is 2. The molecular weight excluding hydrogens is 124 g/mol. The van der Waals surface area contributed by atoms with Crippen molar-refractivity contribution in [3.05, 3.63) is 0 Å². The molecule has 0 unspecified atom stereocenters. The van der Waals surface area contributed by atoms with Crippen molar-refractivity contribution < 1.29 is 0 Å². The van der Waals surface area contributed by atoms with Gasteiger partial charge in [0, 0.05) is 18.6 Å². The summed E-state index contributed by atoms with van der Waals surface area (Å²) in [6, 6.07) is 1.69. The molecule has 1 saturated heterocycles. The first-order chi connectivity index (χ1) is 4.84. The molecule has 2 aliphatic rings. The Morgan fingerprint density at radius 2 is 2.00 bits per heavy atom. The summed E-state index contributed by atoms with van der Waals surface area (Å²) in [7, 11) is 2.20. The summed E-state index contributed by atoms with van der Waals surface area (Å²) in [5.41, 5.74) is 0. The molecular formula is C8H16N2. The van der Waals surface area contributed by atoms with Crippen molar-refractivity contribution in [1.82, 2.24) is 10.2 Å². The van der Waals surface area contributed by atoms with Gasteiger partial charge in [-0.05, 0) is 32.9 Å². The summed E-state index contributed by atoms with van der Waals surface area (Å²) in [6.07, 6.45) is 4.19. The summed E-state index contributed by atoms with van der Waals surface area (Å²) < 4.78 is 0. The Hall–Kier alpha value is -0.0800. The van der Waals surface area contributed by atoms with E-state index in [1.54, 1.807) is 0 Å². The van der Waals surface area contributed by atoms with Crippen LogP contribution in [0.15, 0.2) is 0 Å². The maximum absolute atomic E-state index is 3.64. The van der Waals surface area contributed by atoms with Crippen LogP contribution in [0.5, 0.6) is 0 Å². The normalized spacial score (nSPS) is 35.1. The Morgan fingerprint density at radius 1 is 1.20 bits per heavy atom. The van der Waals surface area contributed by atoms with Gasteiger partial charge in [0.15, 0.2) is 0 Å². The molecule has 0 bridgehead atoms. The van der Waals surface area contributed by atoms with Crippen molar-refractivity contribution in [2.45, 2.75) is 31.3 Å². The van der Waals surface area contributed by atoms with Gasteiger partial charge in [-0.2, -0.15) is 0 Å². The molecule has 0 amide bonds. The van der Waals surface area contributed by atoms with Crippen molar-refractivity contribution in [1.29, 1.82) is 0 Å². The SMILES string of the molecule is CN1CC[C@H](NC2CC2)C1. The largest absolute Gasteiger partial charge is 0.310 e. The van der Waals surface area contributed by atoms with Crippen LogP contribution < -0.4 is 5.32 Å². The predicted octanol–water partition coefficient (Wildman–Crippen LogP) is 0.442. The first-order valence-corrected chi connectivity index (χ1v) is 4.29. The molecule has 1 atom stereocenters. The van der Waals surface area contributed by atoms with E-state index in [0.29, 0.717) is 0 Å². The predicted molar refractivity (Wildman–Crippen MR) is 42.1 cm³/mol. The second-order valence-electron chi connectivity index (χ2n) is 3.69. The van der Waals surface area contributed by atoms with Crippen molar-refractivity contribution in [2.75, 3.05) is 20.1 Å². The van der Waals surface area contributed by atoms with E-state index in [4.69, 9.17) is 0 Å². The fraction of sp³-hybridized carbons (Fsp3) is 1.00. The Kier molecular flexibility index (Phi) is 1.66. The smallest absolute Gasteiger partial charge is 0.0209 e. The van der Waals surface area contributed by atoms with E-state index in [0.717, 1.165) is 12.1 Å². The maximum Gasteiger partial charge on any atom is 0.0209 e. The van der Waals surface area contributed by atoms with Crippen LogP contribution in [-0.4, -0.2) is 37.1 Å². The number of likely N-dealkylation sites (tertiary alicyclic amines) is 1. The second kappa shape index (κ2) is 2.51. The number of hydrogen-bond acceptors (Lipinski definition) is 2. The molecule has 0 aromatic carbocycles. The molecule has 0 radical (unpaired) electrons. The monoisotopic (exact) mass is 140 g/mol. The zero-order chi connectivity index (χ0) is 6.97. The van der Waals surface area contributed by atoms with E-state index >= 15 is 0 Å². The average molecular weight is 140 g/mol. The molecule has 58 valence electrons. The lowest BCUT2D eigenvalue weighted by Crippen LogP contribution is -2.32. The van der Waals surface area contributed by atoms with Gasteiger partial charge in [0.25, 0.3) is 0 Å². The zero-order valence-electron chi connectivity index (χ0n) is 6.64. The molecule has 0 spiro atoms. The average Bonchev–Trinajstić information content (AvgIpc) is 2.59. The van der Waals surface area contributed by atoms with Gasteiger partial charge < -0.3 is 10.2 Å². The van der Waals surface area contributed by atoms with Crippen LogP contribution >= 0.6 is 0 Å². The van der Waals surface area contributed by atoms with E-state index in [-0.39, 0.29) is 0 Å². The van der Waals surface area contributed by atoms with Gasteiger partial charge in [-0.3, -0.25) is 0 Å². The van der Waals surface area contributed by atoms with Crippen LogP contribution in [-0.2, 0) is 0 Å². The molecule has 1 N–H and O–H groups in total. The van der Waals surface area contributed by atoms with Gasteiger partial charge in [-0.15, -0.1) is 0 Å². The van der Waals surface area contributed by atoms with Crippen LogP contribution in [0.4, 0.5) is 0 Å². The molecule has 2 nitrogen and oxygen atoms in total. The fourth-order valence-corrected chi connectivity index (χ4v) is 1.65. The van der Waals surface area contributed by atoms with Gasteiger partial charge in [-0.25, -0.2) is 0 Å². The first-order valence-electron chi connectivity index (χ1n) is 4.29. The summed E-state index contributed by atoms with van der Waals surface area (Å²) >= 11 is 0. The Labute approximate surface area is 62.6 Å². The topological polar surface area (TPSA) is 15.3 Å². The lowest BCUT2D eigenvalue weighted by molar-refractivity contribution is 0.397. The van der Waals surface area contributed by atoms with Gasteiger partial charge in [0.1, 0.15) is 0 Å². The third-order valence-corrected chi connectivity index (χ3v) is 2.44. The molecule has 1 saturated carbocycles. The van der Waals surface area contributed by atoms with Crippen molar-refractivity contribution in [2.24, 2.45) is 0 Å². The highest BCUT2D eigenvalue weighted by molar-refractivity contribution is 4.88. The van der Waals surface area contributed by atoms with Gasteiger partial charge in [0.05, 0.1) is 0 Å². The zero-order valence-corrected chi connectivity index (χ0v) is 6.64. The highest BCUT2D eigenvalue weighted by Gasteiger charge is 2.27. The van der Waals surface area contributed by atoms with Gasteiger partial charge >= 0.3 is 0 Å². The van der Waals surface area contributed by atoms with Crippen LogP contribution in [0.2, 0.25) is 0 Å². The minimum atomic E-state index is 0.803. The first kappa shape index (κ1) is 6.62. The molecule has 10 heavy (non-hydrogen) atoms. The van der Waals surface area contributed by atoms with Crippen molar-refractivity contribution >= 4 is 0 Å². The minimum Gasteiger partial charge on any atom is -0.310 e. The number of hydrogen-bond donors (Lipinski definition) is 1. The molecule has 1 heterocycles. The Bertz CT molecular complexity index is 120. The second-order valence-corrected chi connectivity index (χ2v) is 3.69. The maximum atomic E-state index is 3.64. The van der Waals surface area contributed by atoms with Crippen molar-refractivity contribution in [3.8, 4) is 0 Å². The minimum absolute atomic E-state index is 0.803. The van der Waals surface area contributed by atoms with E-state index in [2.05, 4.69) is 17.3 Å². The third-order valence-electron chi connectivity index (χ3n) is 2.44. The van der Waals surface area contributed by atoms with Crippen LogP contribution in [0.25, 0.3) is 0 Å². The molecule has 2 heteroatoms. The van der Waals surface area contributed by atoms with E-state index in [9.17, 15) is 0 Å². The molecule has 0 aromatic heterocycles. The number of nitrogens with one attached hydrogen (secondary N) is 1. The van der Waals surface area contributed by atoms with Crippen LogP contribution in [0.1, 0.15) is 19.3 Å². The quantitative estimate of drug-likeness (QED) is 0.599. The lowest BCUT2D eigenvalue weighted by atomic mass is 10.2. The van der Waals surface area contributed by atoms with Gasteiger partial charge in [-0.1, -0.05) is 0 Å². The molecule has 2 rings (SSSR count). The highest BCUT2D eigenvalue weighted by atomic mass is 15.2. The number of likely N-dealkylation sites (N-methyl/N-ethyl adjacent to an activating group) is 1. The summed E-state index contributed by atoms with van der Waals surface area (Å²) in [6.45, 7) is 2.54. The molecule has 1 aliphatic carbocycles. The lowest BCUT2D eigenvalue weighted by Gasteiger charge is -2.10. The van der Waals surface area contributed by atoms with Gasteiger partial charge in [0.2, 0.25) is 0 Å². The highest BCUT2D eigenvalue weighted by Crippen LogP contribution is 2.21. The molecule has 1 aliphatic heterocycles. The van der Waals surface area contributed by atoms with E-state index in [1.807, 2.05) is 0 Å². The summed E-state index contributed by atoms with van der Waals surface area (Å²) in [4.78, 5) is 2.40. The van der Waals surface area contributed by atoms with Crippen LogP contribution in [0.3, 0.4) is 0 Å². The van der Waals surface area contributed by atoms with Crippen molar-refractivity contribution in [3.63, 3.8) is 0 Å².